The Morgan fingerprint density at radius 3 is 1.63 bits per heavy atom. The van der Waals surface area contributed by atoms with Gasteiger partial charge in [-0.2, -0.15) is 0 Å². The topological polar surface area (TPSA) is 131 Å². The lowest BCUT2D eigenvalue weighted by atomic mass is 9.53. The number of nitrogens with zero attached hydrogens (tertiary/aromatic N) is 6. The minimum absolute atomic E-state index is 0.0587. The zero-order valence-electron chi connectivity index (χ0n) is 26.4. The summed E-state index contributed by atoms with van der Waals surface area (Å²) in [6, 6.07) is 20.7. The molecule has 0 amide bonds. The predicted molar refractivity (Wildman–Crippen MR) is 168 cm³/mol. The lowest BCUT2D eigenvalue weighted by Crippen LogP contribution is -2.77. The second-order valence-electron chi connectivity index (χ2n) is 12.1. The number of methoxy groups -OCH3 is 2. The third-order valence-corrected chi connectivity index (χ3v) is 9.27. The smallest absolute Gasteiger partial charge is 0.317 e. The van der Waals surface area contributed by atoms with Gasteiger partial charge in [0.2, 0.25) is 0 Å². The minimum Gasteiger partial charge on any atom is -0.468 e. The molecule has 46 heavy (non-hydrogen) atoms. The molecule has 1 N–H and O–H groups in total. The second kappa shape index (κ2) is 12.7. The number of carbonyl (C=O) groups is 2. The number of hydrogen-bond acceptors (Lipinski definition) is 11. The molecule has 2 bridgehead atoms. The van der Waals surface area contributed by atoms with Crippen molar-refractivity contribution in [1.29, 1.82) is 0 Å². The van der Waals surface area contributed by atoms with E-state index in [1.165, 1.54) is 14.2 Å². The van der Waals surface area contributed by atoms with Gasteiger partial charge in [-0.15, -0.1) is 0 Å². The Bertz CT molecular complexity index is 1630. The van der Waals surface area contributed by atoms with Gasteiger partial charge in [0.25, 0.3) is 0 Å². The van der Waals surface area contributed by atoms with Gasteiger partial charge >= 0.3 is 11.9 Å². The zero-order valence-corrected chi connectivity index (χ0v) is 26.4. The van der Waals surface area contributed by atoms with Gasteiger partial charge in [0.1, 0.15) is 10.8 Å². The molecule has 0 spiro atoms. The van der Waals surface area contributed by atoms with Crippen LogP contribution >= 0.6 is 0 Å². The van der Waals surface area contributed by atoms with Crippen molar-refractivity contribution < 1.29 is 24.2 Å². The van der Waals surface area contributed by atoms with Crippen molar-refractivity contribution in [1.82, 2.24) is 29.7 Å². The Morgan fingerprint density at radius 2 is 1.22 bits per heavy atom. The summed E-state index contributed by atoms with van der Waals surface area (Å²) in [7, 11) is 2.61. The fraction of sp³-hybridized carbons (Fsp3) is 0.371. The molecule has 4 aromatic rings. The van der Waals surface area contributed by atoms with Crippen LogP contribution in [-0.2, 0) is 32.2 Å². The number of aryl methyl sites for hydroxylation is 2. The predicted octanol–water partition coefficient (Wildman–Crippen LogP) is 3.38. The van der Waals surface area contributed by atoms with Crippen LogP contribution in [0.2, 0.25) is 0 Å². The summed E-state index contributed by atoms with van der Waals surface area (Å²) < 4.78 is 11.1. The highest BCUT2D eigenvalue weighted by Gasteiger charge is 2.75. The number of hydrogen-bond donors (Lipinski definition) is 1. The Morgan fingerprint density at radius 1 is 0.739 bits per heavy atom. The van der Waals surface area contributed by atoms with Crippen molar-refractivity contribution in [2.45, 2.75) is 45.1 Å². The van der Waals surface area contributed by atoms with Crippen LogP contribution in [0.1, 0.15) is 46.2 Å². The summed E-state index contributed by atoms with van der Waals surface area (Å²) in [6.45, 7) is 4.47. The number of likely N-dealkylation sites (tertiary alicyclic amines) is 2. The number of ether oxygens (including phenoxy) is 2. The molecule has 6 heterocycles. The number of esters is 2. The van der Waals surface area contributed by atoms with E-state index in [1.807, 2.05) is 84.3 Å². The molecule has 0 aromatic carbocycles. The highest BCUT2D eigenvalue weighted by Crippen LogP contribution is 2.63. The maximum atomic E-state index is 14.4. The number of aliphatic hydroxyl groups excluding tert-OH is 1. The Labute approximate surface area is 268 Å². The minimum atomic E-state index is -1.69. The first kappa shape index (κ1) is 31.4. The standard InChI is InChI=1S/C35H38N6O5/c1-23-11-9-13-25(38-23)19-40-21-34(32(43)45-3)29(27-15-5-7-17-36-27)41(20-26-14-10-12-24(2)39-26)30(28-16-6-8-18-37-28)35(22-40,31(34)42)33(44)46-4/h5-18,29-31,42H,19-22H2,1-4H3. The average molecular weight is 623 g/mol. The number of carbonyl (C=O) groups excluding carboxylic acids is 2. The van der Waals surface area contributed by atoms with Crippen molar-refractivity contribution in [3.8, 4) is 0 Å². The van der Waals surface area contributed by atoms with Crippen LogP contribution in [0.3, 0.4) is 0 Å². The number of aromatic nitrogens is 4. The molecular weight excluding hydrogens is 584 g/mol. The number of aliphatic hydroxyl groups is 1. The van der Waals surface area contributed by atoms with Gasteiger partial charge in [-0.05, 0) is 62.4 Å². The van der Waals surface area contributed by atoms with Crippen molar-refractivity contribution in [3.05, 3.63) is 119 Å². The fourth-order valence-corrected chi connectivity index (χ4v) is 7.63. The average Bonchev–Trinajstić information content (AvgIpc) is 3.06. The Hall–Kier alpha value is -4.58. The van der Waals surface area contributed by atoms with E-state index in [9.17, 15) is 14.7 Å². The van der Waals surface area contributed by atoms with Gasteiger partial charge in [-0.1, -0.05) is 24.3 Å². The quantitative estimate of drug-likeness (QED) is 0.290. The monoisotopic (exact) mass is 622 g/mol. The summed E-state index contributed by atoms with van der Waals surface area (Å²) in [4.78, 5) is 51.9. The number of piperidine rings is 2. The molecule has 2 aliphatic heterocycles. The van der Waals surface area contributed by atoms with E-state index in [0.717, 1.165) is 22.8 Å². The third kappa shape index (κ3) is 5.24. The fourth-order valence-electron chi connectivity index (χ4n) is 7.63. The van der Waals surface area contributed by atoms with Crippen LogP contribution in [0.4, 0.5) is 0 Å². The maximum absolute atomic E-state index is 14.4. The van der Waals surface area contributed by atoms with Crippen molar-refractivity contribution in [3.63, 3.8) is 0 Å². The van der Waals surface area contributed by atoms with E-state index in [-0.39, 0.29) is 19.6 Å². The molecule has 2 saturated heterocycles. The van der Waals surface area contributed by atoms with Crippen molar-refractivity contribution in [2.24, 2.45) is 10.8 Å². The number of pyridine rings is 4. The lowest BCUT2D eigenvalue weighted by molar-refractivity contribution is -0.255. The SMILES string of the molecule is COC(=O)C12CN(Cc3cccc(C)n3)CC(C(=O)OC)(C(c3ccccn3)N(Cc3cccc(C)n3)C1c1ccccn1)C2O. The van der Waals surface area contributed by atoms with Gasteiger partial charge < -0.3 is 14.6 Å². The largest absolute Gasteiger partial charge is 0.468 e. The molecule has 6 rings (SSSR count). The Kier molecular flexibility index (Phi) is 8.65. The van der Waals surface area contributed by atoms with E-state index < -0.39 is 41.0 Å². The first-order valence-corrected chi connectivity index (χ1v) is 15.2. The maximum Gasteiger partial charge on any atom is 0.317 e. The molecule has 2 aliphatic rings. The summed E-state index contributed by atoms with van der Waals surface area (Å²) in [5.74, 6) is -1.32. The van der Waals surface area contributed by atoms with E-state index in [4.69, 9.17) is 29.4 Å². The van der Waals surface area contributed by atoms with Crippen LogP contribution in [0, 0.1) is 24.7 Å². The van der Waals surface area contributed by atoms with Crippen LogP contribution in [0.5, 0.6) is 0 Å². The van der Waals surface area contributed by atoms with Crippen LogP contribution in [0.15, 0.2) is 85.2 Å². The van der Waals surface area contributed by atoms with Gasteiger partial charge in [-0.3, -0.25) is 39.3 Å². The highest BCUT2D eigenvalue weighted by atomic mass is 16.5. The molecule has 0 saturated carbocycles. The van der Waals surface area contributed by atoms with E-state index >= 15 is 0 Å². The van der Waals surface area contributed by atoms with Gasteiger partial charge in [0, 0.05) is 50.0 Å². The number of fused-ring (bicyclic) bond motifs is 2. The van der Waals surface area contributed by atoms with Crippen molar-refractivity contribution in [2.75, 3.05) is 27.3 Å². The molecule has 0 aliphatic carbocycles. The summed E-state index contributed by atoms with van der Waals surface area (Å²) >= 11 is 0. The molecule has 11 nitrogen and oxygen atoms in total. The molecule has 4 atom stereocenters. The van der Waals surface area contributed by atoms with Crippen molar-refractivity contribution >= 4 is 11.9 Å². The van der Waals surface area contributed by atoms with E-state index in [0.29, 0.717) is 17.9 Å². The molecule has 11 heteroatoms. The third-order valence-electron chi connectivity index (χ3n) is 9.27. The first-order valence-electron chi connectivity index (χ1n) is 15.2. The molecule has 4 aromatic heterocycles. The summed E-state index contributed by atoms with van der Waals surface area (Å²) in [6.07, 6.45) is 1.78. The molecule has 4 unspecified atom stereocenters. The molecule has 238 valence electrons. The number of rotatable bonds is 8. The zero-order chi connectivity index (χ0) is 32.5. The second-order valence-corrected chi connectivity index (χ2v) is 12.1. The first-order chi connectivity index (χ1) is 22.2. The van der Waals surface area contributed by atoms with Gasteiger partial charge in [0.15, 0.2) is 0 Å². The van der Waals surface area contributed by atoms with Crippen LogP contribution < -0.4 is 0 Å². The lowest BCUT2D eigenvalue weighted by Gasteiger charge is -2.65. The van der Waals surface area contributed by atoms with Crippen LogP contribution in [-0.4, -0.2) is 80.2 Å². The molecule has 0 radical (unpaired) electrons. The molecule has 2 fully saturated rings. The van der Waals surface area contributed by atoms with Crippen LogP contribution in [0.25, 0.3) is 0 Å². The van der Waals surface area contributed by atoms with E-state index in [2.05, 4.69) is 0 Å². The summed E-state index contributed by atoms with van der Waals surface area (Å²) in [5, 5.41) is 12.8. The molecular formula is C35H38N6O5. The van der Waals surface area contributed by atoms with Gasteiger partial charge in [-0.25, -0.2) is 0 Å². The van der Waals surface area contributed by atoms with Gasteiger partial charge in [0.05, 0.1) is 55.2 Å². The normalized spacial score (nSPS) is 26.3. The highest BCUT2D eigenvalue weighted by molar-refractivity contribution is 5.86. The van der Waals surface area contributed by atoms with E-state index in [1.54, 1.807) is 24.5 Å². The summed E-state index contributed by atoms with van der Waals surface area (Å²) in [5.41, 5.74) is 0.846. The Balaban J connectivity index is 1.66.